The van der Waals surface area contributed by atoms with Gasteiger partial charge < -0.3 is 15.2 Å². The number of aliphatic hydroxyl groups excluding tert-OH is 1. The summed E-state index contributed by atoms with van der Waals surface area (Å²) in [7, 11) is 0. The van der Waals surface area contributed by atoms with E-state index in [4.69, 9.17) is 4.74 Å². The van der Waals surface area contributed by atoms with Crippen molar-refractivity contribution in [2.45, 2.75) is 38.5 Å². The van der Waals surface area contributed by atoms with E-state index in [-0.39, 0.29) is 18.3 Å². The molecule has 0 saturated carbocycles. The number of nitrogens with one attached hydrogen (secondary N) is 1. The van der Waals surface area contributed by atoms with E-state index in [9.17, 15) is 5.11 Å². The Kier molecular flexibility index (Phi) is 3.71. The number of benzene rings is 1. The van der Waals surface area contributed by atoms with Crippen molar-refractivity contribution in [2.75, 3.05) is 31.6 Å². The molecule has 0 spiro atoms. The number of ether oxygens (including phenoxy) is 1. The number of hydrogen-bond acceptors (Lipinski definition) is 4. The summed E-state index contributed by atoms with van der Waals surface area (Å²) in [5.41, 5.74) is 3.90. The Morgan fingerprint density at radius 1 is 1.45 bits per heavy atom. The average Bonchev–Trinajstić information content (AvgIpc) is 2.86. The van der Waals surface area contributed by atoms with Crippen LogP contribution in [0.25, 0.3) is 0 Å². The summed E-state index contributed by atoms with van der Waals surface area (Å²) >= 11 is 0. The summed E-state index contributed by atoms with van der Waals surface area (Å²) in [6, 6.07) is 6.56. The lowest BCUT2D eigenvalue weighted by molar-refractivity contribution is -0.150. The van der Waals surface area contributed by atoms with Crippen LogP contribution in [-0.4, -0.2) is 48.0 Å². The van der Waals surface area contributed by atoms with Gasteiger partial charge in [0.25, 0.3) is 0 Å². The second-order valence-corrected chi connectivity index (χ2v) is 6.48. The van der Waals surface area contributed by atoms with Gasteiger partial charge in [-0.3, -0.25) is 4.90 Å². The molecule has 1 aromatic carbocycles. The Balaban J connectivity index is 1.76. The Hall–Kier alpha value is -1.10. The number of morpholine rings is 1. The summed E-state index contributed by atoms with van der Waals surface area (Å²) in [5.74, 6) is 0. The topological polar surface area (TPSA) is 44.7 Å². The number of fused-ring (bicyclic) bond motifs is 1. The van der Waals surface area contributed by atoms with Gasteiger partial charge in [-0.1, -0.05) is 18.2 Å². The lowest BCUT2D eigenvalue weighted by Gasteiger charge is -2.42. The van der Waals surface area contributed by atoms with Crippen LogP contribution in [-0.2, 0) is 17.7 Å². The van der Waals surface area contributed by atoms with Crippen molar-refractivity contribution in [2.24, 2.45) is 0 Å². The second kappa shape index (κ2) is 5.35. The number of aliphatic hydroxyl groups is 1. The first-order chi connectivity index (χ1) is 9.57. The van der Waals surface area contributed by atoms with Gasteiger partial charge in [0.1, 0.15) is 0 Å². The van der Waals surface area contributed by atoms with Gasteiger partial charge in [0.2, 0.25) is 0 Å². The zero-order chi connectivity index (χ0) is 14.2. The van der Waals surface area contributed by atoms with Gasteiger partial charge in [-0.2, -0.15) is 0 Å². The first-order valence-corrected chi connectivity index (χ1v) is 7.43. The van der Waals surface area contributed by atoms with Gasteiger partial charge in [-0.25, -0.2) is 0 Å². The Labute approximate surface area is 120 Å². The van der Waals surface area contributed by atoms with E-state index in [0.717, 1.165) is 32.6 Å². The molecular formula is C16H24N2O2. The van der Waals surface area contributed by atoms with E-state index in [0.29, 0.717) is 0 Å². The minimum atomic E-state index is -0.197. The van der Waals surface area contributed by atoms with Gasteiger partial charge in [-0.05, 0) is 31.4 Å². The van der Waals surface area contributed by atoms with E-state index in [2.05, 4.69) is 42.3 Å². The lowest BCUT2D eigenvalue weighted by atomic mass is 10.0. The fraction of sp³-hybridized carbons (Fsp3) is 0.625. The third-order valence-electron chi connectivity index (χ3n) is 4.08. The van der Waals surface area contributed by atoms with Crippen LogP contribution in [0.2, 0.25) is 0 Å². The van der Waals surface area contributed by atoms with Gasteiger partial charge in [-0.15, -0.1) is 0 Å². The molecule has 4 heteroatoms. The van der Waals surface area contributed by atoms with Crippen LogP contribution in [0.3, 0.4) is 0 Å². The molecule has 1 aromatic rings. The van der Waals surface area contributed by atoms with Crippen LogP contribution in [0, 0.1) is 0 Å². The highest BCUT2D eigenvalue weighted by Gasteiger charge is 2.33. The van der Waals surface area contributed by atoms with E-state index in [1.807, 2.05) is 0 Å². The molecule has 2 N–H and O–H groups in total. The quantitative estimate of drug-likeness (QED) is 0.881. The molecule has 110 valence electrons. The normalized spacial score (nSPS) is 25.2. The van der Waals surface area contributed by atoms with E-state index in [1.54, 1.807) is 0 Å². The molecule has 1 saturated heterocycles. The molecular weight excluding hydrogens is 252 g/mol. The van der Waals surface area contributed by atoms with Crippen molar-refractivity contribution in [3.63, 3.8) is 0 Å². The predicted octanol–water partition coefficient (Wildman–Crippen LogP) is 1.63. The van der Waals surface area contributed by atoms with E-state index in [1.165, 1.54) is 16.8 Å². The molecule has 1 unspecified atom stereocenters. The summed E-state index contributed by atoms with van der Waals surface area (Å²) < 4.78 is 5.88. The predicted molar refractivity (Wildman–Crippen MR) is 80.0 cm³/mol. The third-order valence-corrected chi connectivity index (χ3v) is 4.08. The minimum absolute atomic E-state index is 0.0801. The molecule has 2 heterocycles. The molecule has 0 amide bonds. The maximum atomic E-state index is 9.40. The fourth-order valence-electron chi connectivity index (χ4n) is 3.42. The Morgan fingerprint density at radius 2 is 2.30 bits per heavy atom. The van der Waals surface area contributed by atoms with Crippen molar-refractivity contribution < 1.29 is 9.84 Å². The average molecular weight is 276 g/mol. The molecule has 0 bridgehead atoms. The SMILES string of the molecule is CC1(C)CN(Cc2cccc3c2NCC3)CC(CO)O1. The van der Waals surface area contributed by atoms with Gasteiger partial charge in [0, 0.05) is 31.9 Å². The summed E-state index contributed by atoms with van der Waals surface area (Å²) in [6.45, 7) is 7.92. The van der Waals surface area contributed by atoms with Crippen LogP contribution in [0.15, 0.2) is 18.2 Å². The van der Waals surface area contributed by atoms with Crippen molar-refractivity contribution in [1.29, 1.82) is 0 Å². The number of nitrogens with zero attached hydrogens (tertiary/aromatic N) is 1. The Morgan fingerprint density at radius 3 is 3.10 bits per heavy atom. The molecule has 0 aromatic heterocycles. The van der Waals surface area contributed by atoms with Crippen LogP contribution in [0.1, 0.15) is 25.0 Å². The maximum absolute atomic E-state index is 9.40. The highest BCUT2D eigenvalue weighted by atomic mass is 16.5. The standard InChI is InChI=1S/C16H24N2O2/c1-16(2)11-18(9-14(10-19)20-16)8-13-5-3-4-12-6-7-17-15(12)13/h3-5,14,17,19H,6-11H2,1-2H3. The molecule has 1 atom stereocenters. The number of anilines is 1. The van der Waals surface area contributed by atoms with Crippen LogP contribution in [0.5, 0.6) is 0 Å². The van der Waals surface area contributed by atoms with Crippen molar-refractivity contribution in [3.8, 4) is 0 Å². The zero-order valence-electron chi connectivity index (χ0n) is 12.4. The molecule has 1 fully saturated rings. The lowest BCUT2D eigenvalue weighted by Crippen LogP contribution is -2.53. The van der Waals surface area contributed by atoms with Gasteiger partial charge in [0.15, 0.2) is 0 Å². The minimum Gasteiger partial charge on any atom is -0.394 e. The van der Waals surface area contributed by atoms with Crippen LogP contribution in [0.4, 0.5) is 5.69 Å². The molecule has 0 aliphatic carbocycles. The van der Waals surface area contributed by atoms with Crippen LogP contribution >= 0.6 is 0 Å². The monoisotopic (exact) mass is 276 g/mol. The summed E-state index contributed by atoms with van der Waals surface area (Å²) in [6.07, 6.45) is 1.04. The largest absolute Gasteiger partial charge is 0.394 e. The number of rotatable bonds is 3. The first kappa shape index (κ1) is 13.9. The number of para-hydroxylation sites is 1. The second-order valence-electron chi connectivity index (χ2n) is 6.48. The van der Waals surface area contributed by atoms with Gasteiger partial charge in [0.05, 0.1) is 18.3 Å². The van der Waals surface area contributed by atoms with E-state index >= 15 is 0 Å². The van der Waals surface area contributed by atoms with Crippen molar-refractivity contribution >= 4 is 5.69 Å². The molecule has 3 rings (SSSR count). The summed E-state index contributed by atoms with van der Waals surface area (Å²) in [4.78, 5) is 2.39. The van der Waals surface area contributed by atoms with Crippen LogP contribution < -0.4 is 5.32 Å². The van der Waals surface area contributed by atoms with E-state index < -0.39 is 0 Å². The molecule has 2 aliphatic rings. The highest BCUT2D eigenvalue weighted by Crippen LogP contribution is 2.29. The molecule has 2 aliphatic heterocycles. The Bertz CT molecular complexity index is 487. The summed E-state index contributed by atoms with van der Waals surface area (Å²) in [5, 5.41) is 12.9. The smallest absolute Gasteiger partial charge is 0.0940 e. The van der Waals surface area contributed by atoms with Crippen molar-refractivity contribution in [1.82, 2.24) is 4.90 Å². The first-order valence-electron chi connectivity index (χ1n) is 7.43. The highest BCUT2D eigenvalue weighted by molar-refractivity contribution is 5.61. The molecule has 20 heavy (non-hydrogen) atoms. The van der Waals surface area contributed by atoms with Gasteiger partial charge >= 0.3 is 0 Å². The fourth-order valence-corrected chi connectivity index (χ4v) is 3.42. The molecule has 4 nitrogen and oxygen atoms in total. The molecule has 0 radical (unpaired) electrons. The third kappa shape index (κ3) is 2.82. The number of hydrogen-bond donors (Lipinski definition) is 2. The zero-order valence-corrected chi connectivity index (χ0v) is 12.4. The van der Waals surface area contributed by atoms with Crippen molar-refractivity contribution in [3.05, 3.63) is 29.3 Å². The maximum Gasteiger partial charge on any atom is 0.0940 e.